The van der Waals surface area contributed by atoms with Gasteiger partial charge in [-0.25, -0.2) is 9.97 Å². The molecule has 2 rings (SSSR count). The summed E-state index contributed by atoms with van der Waals surface area (Å²) in [6, 6.07) is 0.371. The van der Waals surface area contributed by atoms with Crippen molar-refractivity contribution >= 4 is 5.82 Å². The quantitative estimate of drug-likeness (QED) is 0.866. The SMILES string of the molecule is CCOc1ncnc(NC(C)CN2CCCCC2)c1C. The second kappa shape index (κ2) is 7.43. The van der Waals surface area contributed by atoms with Crippen molar-refractivity contribution < 1.29 is 4.74 Å². The Kier molecular flexibility index (Phi) is 5.59. The number of hydrogen-bond acceptors (Lipinski definition) is 5. The Morgan fingerprint density at radius 3 is 2.75 bits per heavy atom. The van der Waals surface area contributed by atoms with Gasteiger partial charge in [0.25, 0.3) is 0 Å². The minimum Gasteiger partial charge on any atom is -0.478 e. The number of piperidine rings is 1. The van der Waals surface area contributed by atoms with Gasteiger partial charge in [0.05, 0.1) is 12.2 Å². The molecule has 1 aliphatic heterocycles. The summed E-state index contributed by atoms with van der Waals surface area (Å²) < 4.78 is 5.51. The summed E-state index contributed by atoms with van der Waals surface area (Å²) in [6.45, 7) is 10.3. The number of nitrogens with one attached hydrogen (secondary N) is 1. The molecule has 1 aliphatic rings. The number of ether oxygens (including phenoxy) is 1. The van der Waals surface area contributed by atoms with Crippen molar-refractivity contribution in [3.05, 3.63) is 11.9 Å². The zero-order chi connectivity index (χ0) is 14.4. The molecule has 1 saturated heterocycles. The van der Waals surface area contributed by atoms with E-state index < -0.39 is 0 Å². The van der Waals surface area contributed by atoms with Crippen molar-refractivity contribution in [3.8, 4) is 5.88 Å². The largest absolute Gasteiger partial charge is 0.478 e. The van der Waals surface area contributed by atoms with E-state index in [1.54, 1.807) is 6.33 Å². The van der Waals surface area contributed by atoms with Crippen molar-refractivity contribution in [1.29, 1.82) is 0 Å². The molecule has 0 saturated carbocycles. The lowest BCUT2D eigenvalue weighted by molar-refractivity contribution is 0.223. The Hall–Kier alpha value is -1.36. The van der Waals surface area contributed by atoms with E-state index in [1.165, 1.54) is 32.4 Å². The highest BCUT2D eigenvalue weighted by Crippen LogP contribution is 2.21. The summed E-state index contributed by atoms with van der Waals surface area (Å²) >= 11 is 0. The molecule has 20 heavy (non-hydrogen) atoms. The maximum absolute atomic E-state index is 5.51. The standard InChI is InChI=1S/C15H26N4O/c1-4-20-15-13(3)14(16-11-17-15)18-12(2)10-19-8-6-5-7-9-19/h11-12H,4-10H2,1-3H3,(H,16,17,18). The number of nitrogens with zero attached hydrogens (tertiary/aromatic N) is 3. The van der Waals surface area contributed by atoms with Crippen LogP contribution in [0.5, 0.6) is 5.88 Å². The van der Waals surface area contributed by atoms with E-state index in [-0.39, 0.29) is 0 Å². The number of hydrogen-bond donors (Lipinski definition) is 1. The fraction of sp³-hybridized carbons (Fsp3) is 0.733. The molecular weight excluding hydrogens is 252 g/mol. The Morgan fingerprint density at radius 2 is 2.05 bits per heavy atom. The van der Waals surface area contributed by atoms with Crippen LogP contribution >= 0.6 is 0 Å². The molecule has 5 nitrogen and oxygen atoms in total. The van der Waals surface area contributed by atoms with Crippen LogP contribution in [0.3, 0.4) is 0 Å². The van der Waals surface area contributed by atoms with Crippen LogP contribution in [-0.4, -0.2) is 47.2 Å². The topological polar surface area (TPSA) is 50.3 Å². The molecule has 1 aromatic heterocycles. The minimum absolute atomic E-state index is 0.371. The first-order chi connectivity index (χ1) is 9.70. The molecule has 1 atom stereocenters. The van der Waals surface area contributed by atoms with Gasteiger partial charge in [0.2, 0.25) is 5.88 Å². The highest BCUT2D eigenvalue weighted by Gasteiger charge is 2.15. The summed E-state index contributed by atoms with van der Waals surface area (Å²) in [7, 11) is 0. The number of likely N-dealkylation sites (tertiary alicyclic amines) is 1. The highest BCUT2D eigenvalue weighted by atomic mass is 16.5. The number of anilines is 1. The molecule has 2 heterocycles. The van der Waals surface area contributed by atoms with Gasteiger partial charge in [-0.2, -0.15) is 0 Å². The normalized spacial score (nSPS) is 17.8. The van der Waals surface area contributed by atoms with Gasteiger partial charge in [0, 0.05) is 12.6 Å². The molecular formula is C15H26N4O. The molecule has 1 fully saturated rings. The number of rotatable bonds is 6. The second-order valence-electron chi connectivity index (χ2n) is 5.49. The van der Waals surface area contributed by atoms with Crippen LogP contribution in [0, 0.1) is 6.92 Å². The smallest absolute Gasteiger partial charge is 0.221 e. The van der Waals surface area contributed by atoms with Crippen LogP contribution in [0.4, 0.5) is 5.82 Å². The van der Waals surface area contributed by atoms with Crippen LogP contribution in [-0.2, 0) is 0 Å². The molecule has 0 aliphatic carbocycles. The van der Waals surface area contributed by atoms with Crippen LogP contribution in [0.2, 0.25) is 0 Å². The van der Waals surface area contributed by atoms with Gasteiger partial charge in [-0.15, -0.1) is 0 Å². The van der Waals surface area contributed by atoms with Gasteiger partial charge < -0.3 is 15.0 Å². The molecule has 0 aromatic carbocycles. The first-order valence-corrected chi connectivity index (χ1v) is 7.64. The highest BCUT2D eigenvalue weighted by molar-refractivity contribution is 5.48. The fourth-order valence-electron chi connectivity index (χ4n) is 2.67. The lowest BCUT2D eigenvalue weighted by atomic mass is 10.1. The van der Waals surface area contributed by atoms with E-state index in [9.17, 15) is 0 Å². The summed E-state index contributed by atoms with van der Waals surface area (Å²) in [5.74, 6) is 1.56. The Bertz CT molecular complexity index is 418. The second-order valence-corrected chi connectivity index (χ2v) is 5.49. The van der Waals surface area contributed by atoms with Gasteiger partial charge in [0.15, 0.2) is 0 Å². The summed E-state index contributed by atoms with van der Waals surface area (Å²) in [5.41, 5.74) is 0.986. The molecule has 5 heteroatoms. The zero-order valence-electron chi connectivity index (χ0n) is 12.9. The lowest BCUT2D eigenvalue weighted by Gasteiger charge is -2.29. The molecule has 0 bridgehead atoms. The third kappa shape index (κ3) is 4.07. The maximum atomic E-state index is 5.51. The molecule has 0 spiro atoms. The maximum Gasteiger partial charge on any atom is 0.221 e. The average molecular weight is 278 g/mol. The molecule has 112 valence electrons. The summed E-state index contributed by atoms with van der Waals surface area (Å²) in [4.78, 5) is 11.0. The monoisotopic (exact) mass is 278 g/mol. The van der Waals surface area contributed by atoms with Crippen molar-refractivity contribution in [1.82, 2.24) is 14.9 Å². The first-order valence-electron chi connectivity index (χ1n) is 7.64. The Balaban J connectivity index is 1.93. The molecule has 1 aromatic rings. The summed E-state index contributed by atoms with van der Waals surface area (Å²) in [6.07, 6.45) is 5.59. The van der Waals surface area contributed by atoms with Crippen LogP contribution in [0.15, 0.2) is 6.33 Å². The zero-order valence-corrected chi connectivity index (χ0v) is 12.9. The van der Waals surface area contributed by atoms with E-state index in [1.807, 2.05) is 13.8 Å². The van der Waals surface area contributed by atoms with Crippen molar-refractivity contribution in [2.45, 2.75) is 46.1 Å². The predicted molar refractivity (Wildman–Crippen MR) is 81.3 cm³/mol. The van der Waals surface area contributed by atoms with Crippen molar-refractivity contribution in [2.75, 3.05) is 31.6 Å². The van der Waals surface area contributed by atoms with Gasteiger partial charge in [-0.05, 0) is 46.7 Å². The van der Waals surface area contributed by atoms with Crippen LogP contribution in [0.1, 0.15) is 38.7 Å². The third-order valence-corrected chi connectivity index (χ3v) is 3.68. The van der Waals surface area contributed by atoms with Gasteiger partial charge in [-0.3, -0.25) is 0 Å². The molecule has 0 radical (unpaired) electrons. The van der Waals surface area contributed by atoms with Gasteiger partial charge in [-0.1, -0.05) is 6.42 Å². The van der Waals surface area contributed by atoms with Crippen LogP contribution in [0.25, 0.3) is 0 Å². The minimum atomic E-state index is 0.371. The van der Waals surface area contributed by atoms with Gasteiger partial charge in [0.1, 0.15) is 12.1 Å². The van der Waals surface area contributed by atoms with E-state index in [4.69, 9.17) is 4.74 Å². The molecule has 1 N–H and O–H groups in total. The predicted octanol–water partition coefficient (Wildman–Crippen LogP) is 2.47. The number of aromatic nitrogens is 2. The third-order valence-electron chi connectivity index (χ3n) is 3.68. The van der Waals surface area contributed by atoms with E-state index in [0.29, 0.717) is 18.5 Å². The van der Waals surface area contributed by atoms with E-state index >= 15 is 0 Å². The van der Waals surface area contributed by atoms with Gasteiger partial charge >= 0.3 is 0 Å². The summed E-state index contributed by atoms with van der Waals surface area (Å²) in [5, 5.41) is 3.48. The van der Waals surface area contributed by atoms with E-state index in [0.717, 1.165) is 17.9 Å². The fourth-order valence-corrected chi connectivity index (χ4v) is 2.67. The Labute approximate surface area is 121 Å². The first kappa shape index (κ1) is 15.0. The van der Waals surface area contributed by atoms with Crippen molar-refractivity contribution in [3.63, 3.8) is 0 Å². The average Bonchev–Trinajstić information content (AvgIpc) is 2.44. The molecule has 0 amide bonds. The Morgan fingerprint density at radius 1 is 1.30 bits per heavy atom. The van der Waals surface area contributed by atoms with E-state index in [2.05, 4.69) is 27.1 Å². The van der Waals surface area contributed by atoms with Crippen LogP contribution < -0.4 is 10.1 Å². The molecule has 1 unspecified atom stereocenters. The lowest BCUT2D eigenvalue weighted by Crippen LogP contribution is -2.38. The van der Waals surface area contributed by atoms with Crippen molar-refractivity contribution in [2.24, 2.45) is 0 Å².